The van der Waals surface area contributed by atoms with Gasteiger partial charge in [-0.05, 0) is 18.2 Å². The van der Waals surface area contributed by atoms with Crippen molar-refractivity contribution in [2.75, 3.05) is 5.32 Å². The minimum Gasteiger partial charge on any atom is -0.327 e. The largest absolute Gasteiger partial charge is 0.327 e. The zero-order valence-corrected chi connectivity index (χ0v) is 13.1. The van der Waals surface area contributed by atoms with Crippen molar-refractivity contribution in [1.29, 1.82) is 0 Å². The predicted octanol–water partition coefficient (Wildman–Crippen LogP) is 2.59. The standard InChI is InChI=1S/C17H14ClN3O2/c1-10(22)19-16-17(23)20-14-8-3-2-7-13(14)15(21-16)11-5-4-6-12(18)9-11/h2-9,16H,1H3,(H,19,22)(H,20,23). The molecule has 1 aliphatic heterocycles. The van der Waals surface area contributed by atoms with Gasteiger partial charge >= 0.3 is 0 Å². The van der Waals surface area contributed by atoms with Gasteiger partial charge in [0.05, 0.1) is 11.4 Å². The summed E-state index contributed by atoms with van der Waals surface area (Å²) in [6.07, 6.45) is -0.992. The van der Waals surface area contributed by atoms with E-state index in [9.17, 15) is 9.59 Å². The van der Waals surface area contributed by atoms with Gasteiger partial charge in [0.25, 0.3) is 5.91 Å². The van der Waals surface area contributed by atoms with Gasteiger partial charge in [-0.15, -0.1) is 0 Å². The van der Waals surface area contributed by atoms with E-state index in [2.05, 4.69) is 15.6 Å². The predicted molar refractivity (Wildman–Crippen MR) is 89.8 cm³/mol. The molecule has 1 atom stereocenters. The number of para-hydroxylation sites is 1. The molecule has 3 rings (SSSR count). The fourth-order valence-corrected chi connectivity index (χ4v) is 2.60. The normalized spacial score (nSPS) is 16.7. The van der Waals surface area contributed by atoms with Crippen LogP contribution in [0.3, 0.4) is 0 Å². The van der Waals surface area contributed by atoms with Crippen LogP contribution in [-0.2, 0) is 9.59 Å². The Morgan fingerprint density at radius 1 is 1.22 bits per heavy atom. The van der Waals surface area contributed by atoms with Gasteiger partial charge in [0.1, 0.15) is 0 Å². The van der Waals surface area contributed by atoms with Gasteiger partial charge in [-0.3, -0.25) is 9.59 Å². The molecule has 1 heterocycles. The minimum atomic E-state index is -0.992. The lowest BCUT2D eigenvalue weighted by Gasteiger charge is -2.11. The molecule has 0 radical (unpaired) electrons. The molecule has 0 saturated heterocycles. The lowest BCUT2D eigenvalue weighted by atomic mass is 10.0. The number of hydrogen-bond donors (Lipinski definition) is 2. The number of nitrogens with zero attached hydrogens (tertiary/aromatic N) is 1. The molecule has 1 unspecified atom stereocenters. The van der Waals surface area contributed by atoms with E-state index in [-0.39, 0.29) is 11.8 Å². The number of hydrogen-bond acceptors (Lipinski definition) is 3. The molecule has 0 fully saturated rings. The number of anilines is 1. The van der Waals surface area contributed by atoms with E-state index in [1.165, 1.54) is 6.92 Å². The fraction of sp³-hybridized carbons (Fsp3) is 0.118. The second-order valence-corrected chi connectivity index (χ2v) is 5.56. The van der Waals surface area contributed by atoms with Crippen LogP contribution in [0.25, 0.3) is 0 Å². The number of benzene rings is 2. The SMILES string of the molecule is CC(=O)NC1N=C(c2cccc(Cl)c2)c2ccccc2NC1=O. The van der Waals surface area contributed by atoms with E-state index >= 15 is 0 Å². The molecule has 2 aromatic carbocycles. The van der Waals surface area contributed by atoms with E-state index in [0.29, 0.717) is 16.4 Å². The van der Waals surface area contributed by atoms with Crippen molar-refractivity contribution >= 4 is 34.8 Å². The Hall–Kier alpha value is -2.66. The Morgan fingerprint density at radius 3 is 2.74 bits per heavy atom. The van der Waals surface area contributed by atoms with Crippen molar-refractivity contribution in [3.8, 4) is 0 Å². The van der Waals surface area contributed by atoms with E-state index < -0.39 is 6.17 Å². The van der Waals surface area contributed by atoms with Crippen LogP contribution in [0.1, 0.15) is 18.1 Å². The summed E-state index contributed by atoms with van der Waals surface area (Å²) in [5, 5.41) is 5.91. The third-order valence-corrected chi connectivity index (χ3v) is 3.62. The molecule has 5 nitrogen and oxygen atoms in total. The van der Waals surface area contributed by atoms with Crippen molar-refractivity contribution in [3.63, 3.8) is 0 Å². The van der Waals surface area contributed by atoms with Gasteiger partial charge in [0.15, 0.2) is 0 Å². The molecule has 0 spiro atoms. The Kier molecular flexibility index (Phi) is 4.12. The number of rotatable bonds is 2. The van der Waals surface area contributed by atoms with Crippen LogP contribution in [-0.4, -0.2) is 23.7 Å². The van der Waals surface area contributed by atoms with Gasteiger partial charge in [0, 0.05) is 23.1 Å². The van der Waals surface area contributed by atoms with Crippen LogP contribution in [0.5, 0.6) is 0 Å². The van der Waals surface area contributed by atoms with Crippen LogP contribution < -0.4 is 10.6 Å². The summed E-state index contributed by atoms with van der Waals surface area (Å²) in [5.74, 6) is -0.713. The fourth-order valence-electron chi connectivity index (χ4n) is 2.41. The number of carbonyl (C=O) groups is 2. The quantitative estimate of drug-likeness (QED) is 0.890. The lowest BCUT2D eigenvalue weighted by Crippen LogP contribution is -2.41. The van der Waals surface area contributed by atoms with Crippen molar-refractivity contribution in [2.24, 2.45) is 4.99 Å². The summed E-state index contributed by atoms with van der Waals surface area (Å²) < 4.78 is 0. The van der Waals surface area contributed by atoms with E-state index in [1.807, 2.05) is 30.3 Å². The molecule has 23 heavy (non-hydrogen) atoms. The first-order valence-electron chi connectivity index (χ1n) is 7.06. The molecule has 0 bridgehead atoms. The van der Waals surface area contributed by atoms with E-state index in [4.69, 9.17) is 11.6 Å². The second kappa shape index (κ2) is 6.22. The Balaban J connectivity index is 2.17. The molecule has 116 valence electrons. The molecular weight excluding hydrogens is 314 g/mol. The van der Waals surface area contributed by atoms with Gasteiger partial charge in [0.2, 0.25) is 12.1 Å². The summed E-state index contributed by atoms with van der Waals surface area (Å²) in [5.41, 5.74) is 2.79. The van der Waals surface area contributed by atoms with Gasteiger partial charge in [-0.1, -0.05) is 41.9 Å². The maximum absolute atomic E-state index is 12.3. The molecule has 6 heteroatoms. The van der Waals surface area contributed by atoms with Crippen LogP contribution in [0, 0.1) is 0 Å². The zero-order valence-electron chi connectivity index (χ0n) is 12.3. The summed E-state index contributed by atoms with van der Waals surface area (Å²) in [6.45, 7) is 1.35. The number of nitrogens with one attached hydrogen (secondary N) is 2. The molecule has 2 amide bonds. The maximum Gasteiger partial charge on any atom is 0.269 e. The molecule has 2 aromatic rings. The smallest absolute Gasteiger partial charge is 0.269 e. The Labute approximate surface area is 138 Å². The third-order valence-electron chi connectivity index (χ3n) is 3.38. The molecule has 1 aliphatic rings. The van der Waals surface area contributed by atoms with Crippen LogP contribution in [0.15, 0.2) is 53.5 Å². The monoisotopic (exact) mass is 327 g/mol. The highest BCUT2D eigenvalue weighted by Gasteiger charge is 2.26. The summed E-state index contributed by atoms with van der Waals surface area (Å²) in [7, 11) is 0. The molecule has 0 aliphatic carbocycles. The highest BCUT2D eigenvalue weighted by atomic mass is 35.5. The minimum absolute atomic E-state index is 0.328. The number of fused-ring (bicyclic) bond motifs is 1. The molecule has 0 saturated carbocycles. The highest BCUT2D eigenvalue weighted by Crippen LogP contribution is 2.24. The summed E-state index contributed by atoms with van der Waals surface area (Å²) in [4.78, 5) is 28.1. The van der Waals surface area contributed by atoms with Gasteiger partial charge in [-0.2, -0.15) is 0 Å². The van der Waals surface area contributed by atoms with Gasteiger partial charge < -0.3 is 10.6 Å². The van der Waals surface area contributed by atoms with Crippen LogP contribution in [0.2, 0.25) is 5.02 Å². The van der Waals surface area contributed by atoms with Crippen molar-refractivity contribution in [2.45, 2.75) is 13.1 Å². The zero-order chi connectivity index (χ0) is 16.4. The number of benzodiazepines with no additional fused rings is 1. The Morgan fingerprint density at radius 2 is 2.00 bits per heavy atom. The summed E-state index contributed by atoms with van der Waals surface area (Å²) >= 11 is 6.07. The lowest BCUT2D eigenvalue weighted by molar-refractivity contribution is -0.125. The number of aliphatic imine (C=N–C) groups is 1. The van der Waals surface area contributed by atoms with Gasteiger partial charge in [-0.25, -0.2) is 4.99 Å². The first kappa shape index (κ1) is 15.2. The topological polar surface area (TPSA) is 70.6 Å². The average Bonchev–Trinajstić information content (AvgIpc) is 2.64. The first-order valence-corrected chi connectivity index (χ1v) is 7.43. The first-order chi connectivity index (χ1) is 11.0. The number of amides is 2. The van der Waals surface area contributed by atoms with E-state index in [0.717, 1.165) is 11.1 Å². The maximum atomic E-state index is 12.3. The van der Waals surface area contributed by atoms with E-state index in [1.54, 1.807) is 18.2 Å². The van der Waals surface area contributed by atoms with Crippen molar-refractivity contribution < 1.29 is 9.59 Å². The van der Waals surface area contributed by atoms with Crippen LogP contribution >= 0.6 is 11.6 Å². The third kappa shape index (κ3) is 3.24. The van der Waals surface area contributed by atoms with Crippen LogP contribution in [0.4, 0.5) is 5.69 Å². The molecule has 0 aromatic heterocycles. The number of halogens is 1. The van der Waals surface area contributed by atoms with Crippen molar-refractivity contribution in [1.82, 2.24) is 5.32 Å². The Bertz CT molecular complexity index is 817. The molecular formula is C17H14ClN3O2. The molecule has 2 N–H and O–H groups in total. The van der Waals surface area contributed by atoms with Crippen molar-refractivity contribution in [3.05, 3.63) is 64.7 Å². The summed E-state index contributed by atoms with van der Waals surface area (Å²) in [6, 6.07) is 14.6. The highest BCUT2D eigenvalue weighted by molar-refractivity contribution is 6.31. The second-order valence-electron chi connectivity index (χ2n) is 5.13. The number of carbonyl (C=O) groups excluding carboxylic acids is 2. The average molecular weight is 328 g/mol.